The minimum atomic E-state index is -0.747. The van der Waals surface area contributed by atoms with Gasteiger partial charge in [0.2, 0.25) is 5.91 Å². The second-order valence-electron chi connectivity index (χ2n) is 11.4. The highest BCUT2D eigenvalue weighted by Gasteiger charge is 2.59. The van der Waals surface area contributed by atoms with E-state index < -0.39 is 17.8 Å². The summed E-state index contributed by atoms with van der Waals surface area (Å²) in [4.78, 5) is 27.0. The van der Waals surface area contributed by atoms with Crippen LogP contribution in [0.1, 0.15) is 51.9 Å². The van der Waals surface area contributed by atoms with E-state index in [2.05, 4.69) is 10.6 Å². The average Bonchev–Trinajstić information content (AvgIpc) is 3.47. The van der Waals surface area contributed by atoms with Gasteiger partial charge in [0.15, 0.2) is 17.8 Å². The predicted octanol–water partition coefficient (Wildman–Crippen LogP) is 1.86. The van der Waals surface area contributed by atoms with Gasteiger partial charge in [-0.3, -0.25) is 9.59 Å². The van der Waals surface area contributed by atoms with Crippen molar-refractivity contribution in [3.63, 3.8) is 0 Å². The van der Waals surface area contributed by atoms with Crippen molar-refractivity contribution in [1.29, 1.82) is 0 Å². The van der Waals surface area contributed by atoms with Gasteiger partial charge in [-0.05, 0) is 65.8 Å². The van der Waals surface area contributed by atoms with Crippen molar-refractivity contribution in [2.24, 2.45) is 0 Å². The lowest BCUT2D eigenvalue weighted by Gasteiger charge is -2.35. The molecule has 210 valence electrons. The van der Waals surface area contributed by atoms with E-state index in [1.54, 1.807) is 29.2 Å². The number of fused-ring (bicyclic) bond motifs is 1. The second-order valence-corrected chi connectivity index (χ2v) is 11.4. The van der Waals surface area contributed by atoms with Gasteiger partial charge < -0.3 is 44.0 Å². The van der Waals surface area contributed by atoms with Gasteiger partial charge in [0.1, 0.15) is 24.4 Å². The molecule has 7 atom stereocenters. The van der Waals surface area contributed by atoms with Crippen molar-refractivity contribution < 1.29 is 38.0 Å². The monoisotopic (exact) mass is 533 g/mol. The molecule has 0 saturated carbocycles. The summed E-state index contributed by atoms with van der Waals surface area (Å²) in [6.07, 6.45) is -1.82. The number of hydrogen-bond donors (Lipinski definition) is 2. The molecule has 11 heteroatoms. The van der Waals surface area contributed by atoms with E-state index >= 15 is 0 Å². The Hall–Kier alpha value is -2.28. The number of morpholine rings is 1. The number of amides is 2. The molecule has 0 bridgehead atoms. The van der Waals surface area contributed by atoms with Gasteiger partial charge >= 0.3 is 0 Å². The number of benzene rings is 1. The van der Waals surface area contributed by atoms with Crippen LogP contribution in [0, 0.1) is 0 Å². The SMILES string of the molecule is C[C@@H]1CN(C(=O)CNC(=O)c2ccc(NC3OC(C4COC(C)(C)O4)[C@@H]4OC(C)(C)O[C@H]34)cc2)C[C@H](C)O1. The summed E-state index contributed by atoms with van der Waals surface area (Å²) in [7, 11) is 0. The molecule has 1 aromatic carbocycles. The highest BCUT2D eigenvalue weighted by Crippen LogP contribution is 2.42. The van der Waals surface area contributed by atoms with Crippen LogP contribution in [0.5, 0.6) is 0 Å². The molecule has 0 aliphatic carbocycles. The molecule has 5 rings (SSSR count). The van der Waals surface area contributed by atoms with Crippen LogP contribution in [-0.4, -0.2) is 97.4 Å². The molecule has 4 saturated heterocycles. The maximum absolute atomic E-state index is 12.7. The van der Waals surface area contributed by atoms with Crippen LogP contribution < -0.4 is 10.6 Å². The lowest BCUT2D eigenvalue weighted by molar-refractivity contribution is -0.203. The fourth-order valence-corrected chi connectivity index (χ4v) is 5.56. The quantitative estimate of drug-likeness (QED) is 0.565. The highest BCUT2D eigenvalue weighted by molar-refractivity contribution is 5.96. The zero-order valence-corrected chi connectivity index (χ0v) is 22.9. The topological polar surface area (TPSA) is 117 Å². The molecule has 0 radical (unpaired) electrons. The molecule has 4 aliphatic heterocycles. The highest BCUT2D eigenvalue weighted by atomic mass is 16.8. The second kappa shape index (κ2) is 10.4. The molecule has 4 fully saturated rings. The van der Waals surface area contributed by atoms with E-state index in [9.17, 15) is 9.59 Å². The molecule has 4 aliphatic rings. The third kappa shape index (κ3) is 5.98. The molecule has 4 heterocycles. The maximum Gasteiger partial charge on any atom is 0.251 e. The smallest absolute Gasteiger partial charge is 0.251 e. The van der Waals surface area contributed by atoms with Gasteiger partial charge in [-0.1, -0.05) is 0 Å². The molecular formula is C27H39N3O8. The van der Waals surface area contributed by atoms with Crippen LogP contribution in [0.2, 0.25) is 0 Å². The van der Waals surface area contributed by atoms with Crippen molar-refractivity contribution in [3.8, 4) is 0 Å². The van der Waals surface area contributed by atoms with Gasteiger partial charge in [0.25, 0.3) is 5.91 Å². The molecule has 1 aromatic rings. The third-order valence-corrected chi connectivity index (χ3v) is 7.11. The minimum Gasteiger partial charge on any atom is -0.372 e. The van der Waals surface area contributed by atoms with Crippen LogP contribution in [0.25, 0.3) is 0 Å². The molecular weight excluding hydrogens is 494 g/mol. The largest absolute Gasteiger partial charge is 0.372 e. The summed E-state index contributed by atoms with van der Waals surface area (Å²) in [5.41, 5.74) is 1.21. The van der Waals surface area contributed by atoms with Crippen LogP contribution in [-0.2, 0) is 33.2 Å². The number of carbonyl (C=O) groups excluding carboxylic acids is 2. The van der Waals surface area contributed by atoms with E-state index in [4.69, 9.17) is 28.4 Å². The summed E-state index contributed by atoms with van der Waals surface area (Å²) >= 11 is 0. The van der Waals surface area contributed by atoms with Gasteiger partial charge in [-0.15, -0.1) is 0 Å². The van der Waals surface area contributed by atoms with E-state index in [1.165, 1.54) is 0 Å². The number of rotatable bonds is 6. The van der Waals surface area contributed by atoms with Gasteiger partial charge in [0, 0.05) is 24.3 Å². The Morgan fingerprint density at radius 2 is 1.55 bits per heavy atom. The first kappa shape index (κ1) is 27.3. The van der Waals surface area contributed by atoms with Crippen molar-refractivity contribution in [2.45, 2.75) is 96.0 Å². The van der Waals surface area contributed by atoms with Crippen LogP contribution in [0.15, 0.2) is 24.3 Å². The van der Waals surface area contributed by atoms with E-state index in [-0.39, 0.29) is 55.0 Å². The third-order valence-electron chi connectivity index (χ3n) is 7.11. The van der Waals surface area contributed by atoms with Crippen LogP contribution >= 0.6 is 0 Å². The molecule has 2 amide bonds. The number of ether oxygens (including phenoxy) is 6. The van der Waals surface area contributed by atoms with Crippen LogP contribution in [0.3, 0.4) is 0 Å². The number of carbonyl (C=O) groups is 2. The molecule has 0 aromatic heterocycles. The fourth-order valence-electron chi connectivity index (χ4n) is 5.56. The molecule has 0 spiro atoms. The summed E-state index contributed by atoms with van der Waals surface area (Å²) in [6, 6.07) is 7.01. The molecule has 11 nitrogen and oxygen atoms in total. The van der Waals surface area contributed by atoms with Crippen molar-refractivity contribution >= 4 is 17.5 Å². The summed E-state index contributed by atoms with van der Waals surface area (Å²) < 4.78 is 36.1. The van der Waals surface area contributed by atoms with E-state index in [0.717, 1.165) is 5.69 Å². The summed E-state index contributed by atoms with van der Waals surface area (Å²) in [5, 5.41) is 6.09. The first-order valence-corrected chi connectivity index (χ1v) is 13.3. The Morgan fingerprint density at radius 3 is 2.18 bits per heavy atom. The number of nitrogens with one attached hydrogen (secondary N) is 2. The molecule has 38 heavy (non-hydrogen) atoms. The number of anilines is 1. The zero-order valence-electron chi connectivity index (χ0n) is 22.9. The first-order chi connectivity index (χ1) is 17.9. The molecule has 2 N–H and O–H groups in total. The summed E-state index contributed by atoms with van der Waals surface area (Å²) in [5.74, 6) is -1.86. The Kier molecular flexibility index (Phi) is 7.44. The van der Waals surface area contributed by atoms with Crippen molar-refractivity contribution in [1.82, 2.24) is 10.2 Å². The van der Waals surface area contributed by atoms with Crippen molar-refractivity contribution in [2.75, 3.05) is 31.6 Å². The minimum absolute atomic E-state index is 0.0222. The van der Waals surface area contributed by atoms with E-state index in [1.807, 2.05) is 41.5 Å². The standard InChI is InChI=1S/C27H39N3O8/c1-15-12-30(13-16(2)34-15)20(31)11-28-24(32)17-7-9-18(10-8-17)29-25-23-22(37-27(5,6)38-23)21(35-25)19-14-33-26(3,4)36-19/h7-10,15-16,19,21-23,25,29H,11-14H2,1-6H3,(H,28,32)/t15-,16+,19?,21?,22-,23-,25?/m0/s1. The normalized spacial score (nSPS) is 35.6. The zero-order chi connectivity index (χ0) is 27.2. The van der Waals surface area contributed by atoms with Crippen molar-refractivity contribution in [3.05, 3.63) is 29.8 Å². The van der Waals surface area contributed by atoms with Gasteiger partial charge in [-0.2, -0.15) is 0 Å². The lowest BCUT2D eigenvalue weighted by Crippen LogP contribution is -2.51. The Bertz CT molecular complexity index is 1020. The van der Waals surface area contributed by atoms with E-state index in [0.29, 0.717) is 25.3 Å². The first-order valence-electron chi connectivity index (χ1n) is 13.3. The Morgan fingerprint density at radius 1 is 0.895 bits per heavy atom. The number of hydrogen-bond acceptors (Lipinski definition) is 9. The predicted molar refractivity (Wildman–Crippen MR) is 136 cm³/mol. The Labute approximate surface area is 223 Å². The van der Waals surface area contributed by atoms with Gasteiger partial charge in [0.05, 0.1) is 25.4 Å². The van der Waals surface area contributed by atoms with Crippen LogP contribution in [0.4, 0.5) is 5.69 Å². The number of nitrogens with zero attached hydrogens (tertiary/aromatic N) is 1. The molecule has 3 unspecified atom stereocenters. The Balaban J connectivity index is 1.17. The fraction of sp³-hybridized carbons (Fsp3) is 0.704. The maximum atomic E-state index is 12.7. The van der Waals surface area contributed by atoms with Gasteiger partial charge in [-0.25, -0.2) is 0 Å². The average molecular weight is 534 g/mol. The lowest BCUT2D eigenvalue weighted by atomic mass is 10.1. The summed E-state index contributed by atoms with van der Waals surface area (Å²) in [6.45, 7) is 12.8.